The molecule has 3 aromatic rings. The number of aryl methyl sites for hydroxylation is 1. The summed E-state index contributed by atoms with van der Waals surface area (Å²) in [4.78, 5) is 22.7. The minimum Gasteiger partial charge on any atom is -0.392 e. The fraction of sp³-hybridized carbons (Fsp3) is 0.278. The van der Waals surface area contributed by atoms with Gasteiger partial charge in [0.1, 0.15) is 17.0 Å². The summed E-state index contributed by atoms with van der Waals surface area (Å²) in [5.74, 6) is 0.625. The Bertz CT molecular complexity index is 874. The van der Waals surface area contributed by atoms with Crippen LogP contribution in [0, 0.1) is 6.92 Å². The van der Waals surface area contributed by atoms with Gasteiger partial charge < -0.3 is 15.7 Å². The average molecular weight is 356 g/mol. The molecule has 0 saturated carbocycles. The van der Waals surface area contributed by atoms with Crippen LogP contribution in [0.3, 0.4) is 0 Å². The second-order valence-electron chi connectivity index (χ2n) is 5.91. The highest BCUT2D eigenvalue weighted by molar-refractivity contribution is 7.18. The number of carbonyl (C=O) groups excluding carboxylic acids is 1. The SMILES string of the molecule is Cc1cc2c(NCc3ccc(C(=O)NCC(C)O)cc3)ncnc2s1. The highest BCUT2D eigenvalue weighted by atomic mass is 32.1. The summed E-state index contributed by atoms with van der Waals surface area (Å²) in [5.41, 5.74) is 1.62. The largest absolute Gasteiger partial charge is 0.392 e. The molecule has 0 saturated heterocycles. The lowest BCUT2D eigenvalue weighted by Gasteiger charge is -2.09. The van der Waals surface area contributed by atoms with Crippen molar-refractivity contribution in [2.45, 2.75) is 26.5 Å². The predicted octanol–water partition coefficient (Wildman–Crippen LogP) is 2.72. The van der Waals surface area contributed by atoms with Crippen molar-refractivity contribution in [1.29, 1.82) is 0 Å². The van der Waals surface area contributed by atoms with Gasteiger partial charge in [-0.3, -0.25) is 4.79 Å². The van der Waals surface area contributed by atoms with Gasteiger partial charge in [-0.25, -0.2) is 9.97 Å². The molecule has 1 atom stereocenters. The number of aliphatic hydroxyl groups excluding tert-OH is 1. The molecule has 2 heterocycles. The van der Waals surface area contributed by atoms with Crippen LogP contribution >= 0.6 is 11.3 Å². The summed E-state index contributed by atoms with van der Waals surface area (Å²) in [6.45, 7) is 4.54. The highest BCUT2D eigenvalue weighted by Crippen LogP contribution is 2.27. The van der Waals surface area contributed by atoms with Crippen molar-refractivity contribution in [1.82, 2.24) is 15.3 Å². The Labute approximate surface area is 149 Å². The Kier molecular flexibility index (Phi) is 5.25. The first-order chi connectivity index (χ1) is 12.0. The van der Waals surface area contributed by atoms with Gasteiger partial charge in [0.15, 0.2) is 0 Å². The zero-order valence-corrected chi connectivity index (χ0v) is 14.9. The van der Waals surface area contributed by atoms with E-state index in [0.29, 0.717) is 12.1 Å². The molecule has 3 rings (SSSR count). The summed E-state index contributed by atoms with van der Waals surface area (Å²) >= 11 is 1.65. The third-order valence-electron chi connectivity index (χ3n) is 3.69. The first-order valence-electron chi connectivity index (χ1n) is 8.03. The number of nitrogens with zero attached hydrogens (tertiary/aromatic N) is 2. The monoisotopic (exact) mass is 356 g/mol. The number of rotatable bonds is 6. The van der Waals surface area contributed by atoms with E-state index in [2.05, 4.69) is 33.6 Å². The van der Waals surface area contributed by atoms with Crippen molar-refractivity contribution in [3.05, 3.63) is 52.7 Å². The standard InChI is InChI=1S/C18H20N4O2S/c1-11(23)8-20-17(24)14-5-3-13(4-6-14)9-19-16-15-7-12(2)25-18(15)22-10-21-16/h3-7,10-11,23H,8-9H2,1-2H3,(H,20,24)(H,19,21,22). The number of nitrogens with one attached hydrogen (secondary N) is 2. The summed E-state index contributed by atoms with van der Waals surface area (Å²) in [5, 5.41) is 16.2. The zero-order valence-electron chi connectivity index (χ0n) is 14.1. The van der Waals surface area contributed by atoms with Crippen LogP contribution in [0.15, 0.2) is 36.7 Å². The number of hydrogen-bond acceptors (Lipinski definition) is 6. The molecular formula is C18H20N4O2S. The van der Waals surface area contributed by atoms with Crippen LogP contribution < -0.4 is 10.6 Å². The van der Waals surface area contributed by atoms with Crippen molar-refractivity contribution in [2.24, 2.45) is 0 Å². The van der Waals surface area contributed by atoms with Crippen molar-refractivity contribution < 1.29 is 9.90 Å². The predicted molar refractivity (Wildman–Crippen MR) is 99.9 cm³/mol. The van der Waals surface area contributed by atoms with Gasteiger partial charge >= 0.3 is 0 Å². The number of anilines is 1. The van der Waals surface area contributed by atoms with Crippen LogP contribution in [0.4, 0.5) is 5.82 Å². The Balaban J connectivity index is 1.64. The number of fused-ring (bicyclic) bond motifs is 1. The van der Waals surface area contributed by atoms with Crippen molar-refractivity contribution in [2.75, 3.05) is 11.9 Å². The molecule has 3 N–H and O–H groups in total. The maximum absolute atomic E-state index is 11.9. The molecule has 1 aromatic carbocycles. The van der Waals surface area contributed by atoms with Crippen LogP contribution in [-0.4, -0.2) is 33.6 Å². The Morgan fingerprint density at radius 3 is 2.76 bits per heavy atom. The van der Waals surface area contributed by atoms with Crippen molar-refractivity contribution in [3.8, 4) is 0 Å². The van der Waals surface area contributed by atoms with E-state index in [4.69, 9.17) is 0 Å². The fourth-order valence-electron chi connectivity index (χ4n) is 2.42. The van der Waals surface area contributed by atoms with Crippen molar-refractivity contribution in [3.63, 3.8) is 0 Å². The van der Waals surface area contributed by atoms with Crippen LogP contribution in [0.2, 0.25) is 0 Å². The molecule has 0 fully saturated rings. The van der Waals surface area contributed by atoms with Gasteiger partial charge in [-0.1, -0.05) is 12.1 Å². The molecule has 0 radical (unpaired) electrons. The molecule has 1 amide bonds. The zero-order chi connectivity index (χ0) is 17.8. The minimum atomic E-state index is -0.558. The lowest BCUT2D eigenvalue weighted by Crippen LogP contribution is -2.30. The number of benzene rings is 1. The first-order valence-corrected chi connectivity index (χ1v) is 8.85. The number of carbonyl (C=O) groups is 1. The number of thiophene rings is 1. The van der Waals surface area contributed by atoms with E-state index in [9.17, 15) is 9.90 Å². The average Bonchev–Trinajstić information content (AvgIpc) is 2.99. The molecule has 7 heteroatoms. The quantitative estimate of drug-likeness (QED) is 0.632. The van der Waals surface area contributed by atoms with Gasteiger partial charge in [0.05, 0.1) is 11.5 Å². The Hall–Kier alpha value is -2.51. The minimum absolute atomic E-state index is 0.188. The molecule has 0 aliphatic rings. The van der Waals surface area contributed by atoms with E-state index in [0.717, 1.165) is 21.6 Å². The summed E-state index contributed by atoms with van der Waals surface area (Å²) in [6.07, 6.45) is 1.01. The number of hydrogen-bond donors (Lipinski definition) is 3. The third kappa shape index (κ3) is 4.32. The number of amides is 1. The number of aliphatic hydroxyl groups is 1. The third-order valence-corrected chi connectivity index (χ3v) is 4.65. The van der Waals surface area contributed by atoms with E-state index in [1.165, 1.54) is 4.88 Å². The van der Waals surface area contributed by atoms with Gasteiger partial charge in [0.25, 0.3) is 5.91 Å². The summed E-state index contributed by atoms with van der Waals surface area (Å²) in [6, 6.07) is 9.44. The molecule has 6 nitrogen and oxygen atoms in total. The topological polar surface area (TPSA) is 87.1 Å². The maximum atomic E-state index is 11.9. The molecular weight excluding hydrogens is 336 g/mol. The van der Waals surface area contributed by atoms with E-state index in [-0.39, 0.29) is 12.5 Å². The summed E-state index contributed by atoms with van der Waals surface area (Å²) in [7, 11) is 0. The van der Waals surface area contributed by atoms with Crippen molar-refractivity contribution >= 4 is 33.3 Å². The summed E-state index contributed by atoms with van der Waals surface area (Å²) < 4.78 is 0. The first kappa shape index (κ1) is 17.3. The van der Waals surface area contributed by atoms with Crippen LogP contribution in [0.1, 0.15) is 27.7 Å². The molecule has 25 heavy (non-hydrogen) atoms. The highest BCUT2D eigenvalue weighted by Gasteiger charge is 2.08. The second kappa shape index (κ2) is 7.58. The van der Waals surface area contributed by atoms with E-state index >= 15 is 0 Å². The fourth-order valence-corrected chi connectivity index (χ4v) is 3.27. The van der Waals surface area contributed by atoms with Gasteiger partial charge in [-0.2, -0.15) is 0 Å². The van der Waals surface area contributed by atoms with Gasteiger partial charge in [0.2, 0.25) is 0 Å². The van der Waals surface area contributed by atoms with Crippen LogP contribution in [-0.2, 0) is 6.54 Å². The number of aromatic nitrogens is 2. The van der Waals surface area contributed by atoms with Crippen LogP contribution in [0.5, 0.6) is 0 Å². The lowest BCUT2D eigenvalue weighted by atomic mass is 10.1. The maximum Gasteiger partial charge on any atom is 0.251 e. The van der Waals surface area contributed by atoms with Gasteiger partial charge in [-0.05, 0) is 37.6 Å². The van der Waals surface area contributed by atoms with Gasteiger partial charge in [-0.15, -0.1) is 11.3 Å². The van der Waals surface area contributed by atoms with E-state index in [1.807, 2.05) is 12.1 Å². The van der Waals surface area contributed by atoms with E-state index < -0.39 is 6.10 Å². The molecule has 0 bridgehead atoms. The normalized spacial score (nSPS) is 12.1. The molecule has 130 valence electrons. The molecule has 0 aliphatic heterocycles. The smallest absolute Gasteiger partial charge is 0.251 e. The Morgan fingerprint density at radius 1 is 1.28 bits per heavy atom. The van der Waals surface area contributed by atoms with Gasteiger partial charge in [0, 0.05) is 23.5 Å². The lowest BCUT2D eigenvalue weighted by molar-refractivity contribution is 0.0924. The molecule has 0 aliphatic carbocycles. The Morgan fingerprint density at radius 2 is 2.04 bits per heavy atom. The van der Waals surface area contributed by atoms with Crippen LogP contribution in [0.25, 0.3) is 10.2 Å². The van der Waals surface area contributed by atoms with E-state index in [1.54, 1.807) is 36.7 Å². The molecule has 0 spiro atoms. The second-order valence-corrected chi connectivity index (χ2v) is 7.14. The molecule has 1 unspecified atom stereocenters. The molecule has 2 aromatic heterocycles.